The molecule has 0 saturated heterocycles. The number of hydrogen-bond donors (Lipinski definition) is 0. The molecule has 0 unspecified atom stereocenters. The number of nitrogens with zero attached hydrogens (tertiary/aromatic N) is 1. The summed E-state index contributed by atoms with van der Waals surface area (Å²) in [5, 5.41) is 0. The van der Waals surface area contributed by atoms with E-state index >= 15 is 0 Å². The van der Waals surface area contributed by atoms with Gasteiger partial charge in [-0.25, -0.2) is 4.79 Å². The molecule has 0 atom stereocenters. The summed E-state index contributed by atoms with van der Waals surface area (Å²) in [6.07, 6.45) is 1.08. The van der Waals surface area contributed by atoms with Crippen LogP contribution in [0.1, 0.15) is 46.7 Å². The summed E-state index contributed by atoms with van der Waals surface area (Å²) in [6, 6.07) is 11.3. The molecule has 23 heavy (non-hydrogen) atoms. The maximum absolute atomic E-state index is 12.5. The molecule has 0 saturated carbocycles. The van der Waals surface area contributed by atoms with E-state index in [2.05, 4.69) is 4.98 Å². The zero-order chi connectivity index (χ0) is 16.6. The molecule has 0 aliphatic heterocycles. The van der Waals surface area contributed by atoms with Crippen molar-refractivity contribution in [2.24, 2.45) is 5.41 Å². The van der Waals surface area contributed by atoms with Crippen molar-refractivity contribution in [1.82, 2.24) is 4.98 Å². The predicted molar refractivity (Wildman–Crippen MR) is 87.4 cm³/mol. The molecule has 0 bridgehead atoms. The van der Waals surface area contributed by atoms with Crippen molar-refractivity contribution in [3.8, 4) is 11.3 Å². The zero-order valence-electron chi connectivity index (χ0n) is 13.6. The van der Waals surface area contributed by atoms with Crippen LogP contribution in [0.4, 0.5) is 0 Å². The molecule has 0 N–H and O–H groups in total. The lowest BCUT2D eigenvalue weighted by Gasteiger charge is -2.30. The van der Waals surface area contributed by atoms with Crippen LogP contribution < -0.4 is 0 Å². The average molecular weight is 309 g/mol. The quantitative estimate of drug-likeness (QED) is 0.794. The van der Waals surface area contributed by atoms with Gasteiger partial charge in [0.2, 0.25) is 0 Å². The Kier molecular flexibility index (Phi) is 3.76. The highest BCUT2D eigenvalue weighted by molar-refractivity contribution is 6.08. The summed E-state index contributed by atoms with van der Waals surface area (Å²) in [4.78, 5) is 29.4. The number of methoxy groups -OCH3 is 1. The number of aromatic nitrogens is 1. The molecule has 4 nitrogen and oxygen atoms in total. The van der Waals surface area contributed by atoms with Crippen LogP contribution in [0.25, 0.3) is 11.3 Å². The number of pyridine rings is 1. The van der Waals surface area contributed by atoms with E-state index in [4.69, 9.17) is 4.74 Å². The number of ketones is 1. The topological polar surface area (TPSA) is 56.3 Å². The Morgan fingerprint density at radius 1 is 1.17 bits per heavy atom. The molecule has 1 aromatic carbocycles. The Labute approximate surface area is 135 Å². The second-order valence-electron chi connectivity index (χ2n) is 6.68. The van der Waals surface area contributed by atoms with Crippen LogP contribution in [0.3, 0.4) is 0 Å². The van der Waals surface area contributed by atoms with Gasteiger partial charge in [-0.2, -0.15) is 0 Å². The molecule has 1 aliphatic carbocycles. The number of ether oxygens (including phenoxy) is 1. The van der Waals surface area contributed by atoms with Gasteiger partial charge in [-0.3, -0.25) is 9.78 Å². The molecule has 1 heterocycles. The van der Waals surface area contributed by atoms with E-state index in [1.54, 1.807) is 6.07 Å². The van der Waals surface area contributed by atoms with Gasteiger partial charge < -0.3 is 4.74 Å². The molecule has 3 rings (SSSR count). The summed E-state index contributed by atoms with van der Waals surface area (Å²) in [6.45, 7) is 4.09. The van der Waals surface area contributed by atoms with Crippen molar-refractivity contribution in [3.63, 3.8) is 0 Å². The number of carbonyl (C=O) groups is 2. The largest absolute Gasteiger partial charge is 0.465 e. The van der Waals surface area contributed by atoms with E-state index in [1.807, 2.05) is 44.2 Å². The third kappa shape index (κ3) is 2.89. The Hall–Kier alpha value is -2.49. The van der Waals surface area contributed by atoms with E-state index in [1.165, 1.54) is 7.11 Å². The number of rotatable bonds is 2. The molecular formula is C19H19NO3. The normalized spacial score (nSPS) is 15.9. The molecule has 118 valence electrons. The molecule has 0 spiro atoms. The van der Waals surface area contributed by atoms with Gasteiger partial charge in [0, 0.05) is 12.0 Å². The smallest absolute Gasteiger partial charge is 0.338 e. The minimum Gasteiger partial charge on any atom is -0.465 e. The first-order valence-corrected chi connectivity index (χ1v) is 7.62. The van der Waals surface area contributed by atoms with Crippen LogP contribution in [0.5, 0.6) is 0 Å². The van der Waals surface area contributed by atoms with Gasteiger partial charge in [0.15, 0.2) is 5.78 Å². The average Bonchev–Trinajstić information content (AvgIpc) is 2.52. The van der Waals surface area contributed by atoms with E-state index in [-0.39, 0.29) is 11.2 Å². The molecule has 4 heteroatoms. The van der Waals surface area contributed by atoms with Crippen molar-refractivity contribution in [3.05, 3.63) is 53.2 Å². The van der Waals surface area contributed by atoms with Gasteiger partial charge in [0.1, 0.15) is 0 Å². The third-order valence-electron chi connectivity index (χ3n) is 4.13. The van der Waals surface area contributed by atoms with E-state index in [9.17, 15) is 9.59 Å². The summed E-state index contributed by atoms with van der Waals surface area (Å²) in [7, 11) is 1.33. The van der Waals surface area contributed by atoms with Gasteiger partial charge in [-0.1, -0.05) is 44.2 Å². The van der Waals surface area contributed by atoms with E-state index in [0.717, 1.165) is 5.56 Å². The van der Waals surface area contributed by atoms with Crippen LogP contribution >= 0.6 is 0 Å². The number of hydrogen-bond acceptors (Lipinski definition) is 4. The summed E-state index contributed by atoms with van der Waals surface area (Å²) < 4.78 is 4.87. The van der Waals surface area contributed by atoms with Crippen LogP contribution in [0.15, 0.2) is 36.4 Å². The molecular weight excluding hydrogens is 290 g/mol. The maximum Gasteiger partial charge on any atom is 0.338 e. The Bertz CT molecular complexity index is 779. The third-order valence-corrected chi connectivity index (χ3v) is 4.13. The van der Waals surface area contributed by atoms with E-state index in [0.29, 0.717) is 35.4 Å². The SMILES string of the molecule is COC(=O)c1cc(-c2ccccc2)nc2c1C(=O)CC(C)(C)C2. The monoisotopic (exact) mass is 309 g/mol. The lowest BCUT2D eigenvalue weighted by molar-refractivity contribution is 0.0594. The fourth-order valence-corrected chi connectivity index (χ4v) is 3.10. The summed E-state index contributed by atoms with van der Waals surface area (Å²) >= 11 is 0. The number of fused-ring (bicyclic) bond motifs is 1. The minimum atomic E-state index is -0.492. The Morgan fingerprint density at radius 2 is 1.87 bits per heavy atom. The summed E-state index contributed by atoms with van der Waals surface area (Å²) in [5.74, 6) is -0.530. The Morgan fingerprint density at radius 3 is 2.52 bits per heavy atom. The predicted octanol–water partition coefficient (Wildman–Crippen LogP) is 3.69. The van der Waals surface area contributed by atoms with Crippen LogP contribution in [0.2, 0.25) is 0 Å². The lowest BCUT2D eigenvalue weighted by atomic mass is 9.74. The number of benzene rings is 1. The lowest BCUT2D eigenvalue weighted by Crippen LogP contribution is -2.30. The van der Waals surface area contributed by atoms with Crippen molar-refractivity contribution in [1.29, 1.82) is 0 Å². The maximum atomic E-state index is 12.5. The van der Waals surface area contributed by atoms with Crippen molar-refractivity contribution in [2.45, 2.75) is 26.7 Å². The highest BCUT2D eigenvalue weighted by Gasteiger charge is 2.35. The fourth-order valence-electron chi connectivity index (χ4n) is 3.10. The zero-order valence-corrected chi connectivity index (χ0v) is 13.6. The van der Waals surface area contributed by atoms with Gasteiger partial charge in [-0.15, -0.1) is 0 Å². The van der Waals surface area contributed by atoms with Gasteiger partial charge in [0.25, 0.3) is 0 Å². The molecule has 0 amide bonds. The van der Waals surface area contributed by atoms with Crippen LogP contribution in [-0.4, -0.2) is 23.8 Å². The van der Waals surface area contributed by atoms with Gasteiger partial charge in [-0.05, 0) is 17.9 Å². The molecule has 1 aliphatic rings. The minimum absolute atomic E-state index is 0.0382. The first-order valence-electron chi connectivity index (χ1n) is 7.62. The second-order valence-corrected chi connectivity index (χ2v) is 6.68. The van der Waals surface area contributed by atoms with Crippen molar-refractivity contribution >= 4 is 11.8 Å². The van der Waals surface area contributed by atoms with Crippen LogP contribution in [0, 0.1) is 5.41 Å². The molecule has 2 aromatic rings. The van der Waals surface area contributed by atoms with Gasteiger partial charge in [0.05, 0.1) is 29.6 Å². The number of Topliss-reactive ketones (excluding diaryl/α,β-unsaturated/α-hetero) is 1. The number of esters is 1. The highest BCUT2D eigenvalue weighted by atomic mass is 16.5. The first kappa shape index (κ1) is 15.4. The van der Waals surface area contributed by atoms with Crippen molar-refractivity contribution < 1.29 is 14.3 Å². The standard InChI is InChI=1S/C19H19NO3/c1-19(2)10-15-17(16(21)11-19)13(18(22)23-3)9-14(20-15)12-7-5-4-6-8-12/h4-9H,10-11H2,1-3H3. The molecule has 0 fully saturated rings. The molecule has 1 aromatic heterocycles. The first-order chi connectivity index (χ1) is 10.9. The van der Waals surface area contributed by atoms with Crippen LogP contribution in [-0.2, 0) is 11.2 Å². The Balaban J connectivity index is 2.23. The second kappa shape index (κ2) is 5.61. The number of carbonyl (C=O) groups excluding carboxylic acids is 2. The fraction of sp³-hybridized carbons (Fsp3) is 0.316. The highest BCUT2D eigenvalue weighted by Crippen LogP contribution is 2.36. The summed E-state index contributed by atoms with van der Waals surface area (Å²) in [5.41, 5.74) is 2.88. The van der Waals surface area contributed by atoms with E-state index < -0.39 is 5.97 Å². The molecule has 0 radical (unpaired) electrons. The van der Waals surface area contributed by atoms with Crippen molar-refractivity contribution in [2.75, 3.05) is 7.11 Å². The van der Waals surface area contributed by atoms with Gasteiger partial charge >= 0.3 is 5.97 Å².